The van der Waals surface area contributed by atoms with Gasteiger partial charge in [0.2, 0.25) is 0 Å². The van der Waals surface area contributed by atoms with Gasteiger partial charge >= 0.3 is 70.3 Å². The molecule has 0 N–H and O–H groups in total. The Morgan fingerprint density at radius 1 is 0.750 bits per heavy atom. The average molecular weight is 392 g/mol. The third-order valence-electron chi connectivity index (χ3n) is 1.36. The summed E-state index contributed by atoms with van der Waals surface area (Å²) >= 11 is 0.352. The molecule has 0 saturated carbocycles. The van der Waals surface area contributed by atoms with Crippen LogP contribution in [0.5, 0.6) is 0 Å². The first-order valence-corrected chi connectivity index (χ1v) is 28.8. The molecule has 0 spiro atoms. The van der Waals surface area contributed by atoms with Crippen LogP contribution in [-0.2, 0) is 0 Å². The van der Waals surface area contributed by atoms with Gasteiger partial charge < -0.3 is 0 Å². The van der Waals surface area contributed by atoms with Crippen molar-refractivity contribution in [1.29, 1.82) is 0 Å². The minimum atomic E-state index is 0.0880. The van der Waals surface area contributed by atoms with E-state index in [1.165, 1.54) is 0 Å². The van der Waals surface area contributed by atoms with Gasteiger partial charge in [0.05, 0.1) is 0 Å². The maximum absolute atomic E-state index is 2.69. The fourth-order valence-electron chi connectivity index (χ4n) is 0.973. The minimum absolute atomic E-state index is 0.0880. The molecule has 44 valence electrons. The summed E-state index contributed by atoms with van der Waals surface area (Å²) in [4.78, 5) is 0. The second-order valence-electron chi connectivity index (χ2n) is 1.85. The summed E-state index contributed by atoms with van der Waals surface area (Å²) in [6, 6.07) is 0. The molecule has 4 saturated heterocycles. The van der Waals surface area contributed by atoms with Gasteiger partial charge in [-0.2, -0.15) is 0 Å². The van der Waals surface area contributed by atoms with Crippen LogP contribution in [0.15, 0.2) is 0 Å². The Labute approximate surface area is 68.9 Å². The fourth-order valence-corrected chi connectivity index (χ4v) is 448. The summed E-state index contributed by atoms with van der Waals surface area (Å²) < 4.78 is 3.94. The van der Waals surface area contributed by atoms with Gasteiger partial charge in [0.15, 0.2) is 0 Å². The van der Waals surface area contributed by atoms with Gasteiger partial charge in [0.25, 0.3) is 0 Å². The maximum atomic E-state index is 2.69. The first-order chi connectivity index (χ1) is 3.93. The van der Waals surface area contributed by atoms with E-state index in [1.807, 2.05) is 7.99 Å². The van der Waals surface area contributed by atoms with Gasteiger partial charge in [0, 0.05) is 0 Å². The quantitative estimate of drug-likeness (QED) is 0.557. The van der Waals surface area contributed by atoms with Gasteiger partial charge in [-0.05, 0) is 0 Å². The van der Waals surface area contributed by atoms with Crippen molar-refractivity contribution >= 4 is 62.3 Å². The predicted molar refractivity (Wildman–Crippen MR) is 47.8 cm³/mol. The molecule has 6 heteroatoms. The molecule has 0 aromatic heterocycles. The summed E-state index contributed by atoms with van der Waals surface area (Å²) in [5.41, 5.74) is 0. The topological polar surface area (TPSA) is 0 Å². The fraction of sp³-hybridized carbons (Fsp3) is 1.00. The van der Waals surface area contributed by atoms with E-state index >= 15 is 0 Å². The molecule has 0 aromatic carbocycles. The Morgan fingerprint density at radius 3 is 1.25 bits per heavy atom. The van der Waals surface area contributed by atoms with Crippen molar-refractivity contribution in [3.05, 3.63) is 0 Å². The molecular weight excluding hydrogens is 388 g/mol. The molecule has 0 radical (unpaired) electrons. The normalized spacial score (nSPS) is 66.0. The van der Waals surface area contributed by atoms with E-state index in [0.29, 0.717) is 0 Å². The predicted octanol–water partition coefficient (Wildman–Crippen LogP) is 0.695. The van der Waals surface area contributed by atoms with Crippen molar-refractivity contribution in [2.24, 2.45) is 0 Å². The second-order valence-corrected chi connectivity index (χ2v) is 70.6. The summed E-state index contributed by atoms with van der Waals surface area (Å²) in [6.45, 7) is 0. The zero-order valence-corrected chi connectivity index (χ0v) is 13.2. The van der Waals surface area contributed by atoms with E-state index < -0.39 is 0 Å². The second kappa shape index (κ2) is 2.21. The number of rotatable bonds is 0. The van der Waals surface area contributed by atoms with Crippen LogP contribution in [0.25, 0.3) is 0 Å². The molecule has 0 amide bonds. The van der Waals surface area contributed by atoms with Crippen molar-refractivity contribution in [1.82, 2.24) is 0 Å². The standard InChI is InChI=1S/C2H4As4S2/c1-3-5-2-6(7-3)4(1)8-5/h1-2H2. The van der Waals surface area contributed by atoms with Crippen molar-refractivity contribution in [2.45, 2.75) is 7.99 Å². The van der Waals surface area contributed by atoms with Crippen LogP contribution >= 0.6 is 16.6 Å². The summed E-state index contributed by atoms with van der Waals surface area (Å²) in [7, 11) is 5.38. The Balaban J connectivity index is 2.13. The molecule has 4 atom stereocenters. The Hall–Kier alpha value is 2.93. The molecule has 4 heterocycles. The molecule has 4 rings (SSSR count). The van der Waals surface area contributed by atoms with E-state index in [4.69, 9.17) is 0 Å². The van der Waals surface area contributed by atoms with Crippen molar-refractivity contribution in [3.63, 3.8) is 0 Å². The first-order valence-electron chi connectivity index (χ1n) is 2.40. The number of hydrogen-bond donors (Lipinski definition) is 0. The van der Waals surface area contributed by atoms with Crippen LogP contribution < -0.4 is 0 Å². The molecule has 4 bridgehead atoms. The third-order valence-corrected chi connectivity index (χ3v) is 175. The van der Waals surface area contributed by atoms with Crippen LogP contribution in [0.3, 0.4) is 0 Å². The van der Waals surface area contributed by atoms with Gasteiger partial charge in [-0.15, -0.1) is 0 Å². The van der Waals surface area contributed by atoms with E-state index in [2.05, 4.69) is 16.6 Å². The van der Waals surface area contributed by atoms with E-state index in [0.717, 1.165) is 0 Å². The van der Waals surface area contributed by atoms with Crippen molar-refractivity contribution in [3.8, 4) is 0 Å². The third kappa shape index (κ3) is 0.775. The number of hydrogen-bond acceptors (Lipinski definition) is 2. The van der Waals surface area contributed by atoms with E-state index in [9.17, 15) is 0 Å². The molecule has 0 aromatic rings. The zero-order valence-electron chi connectivity index (χ0n) is 4.02. The van der Waals surface area contributed by atoms with E-state index in [1.54, 1.807) is 0 Å². The Kier molecular flexibility index (Phi) is 1.78. The van der Waals surface area contributed by atoms with Crippen LogP contribution in [0.2, 0.25) is 7.99 Å². The monoisotopic (exact) mass is 392 g/mol. The summed E-state index contributed by atoms with van der Waals surface area (Å²) in [6.07, 6.45) is 0. The van der Waals surface area contributed by atoms with Crippen molar-refractivity contribution in [2.75, 3.05) is 0 Å². The van der Waals surface area contributed by atoms with Crippen LogP contribution in [-0.4, -0.2) is 45.7 Å². The van der Waals surface area contributed by atoms with Gasteiger partial charge in [-0.25, -0.2) is 0 Å². The van der Waals surface area contributed by atoms with Gasteiger partial charge in [0.1, 0.15) is 0 Å². The molecule has 0 nitrogen and oxygen atoms in total. The molecule has 4 aliphatic heterocycles. The SMILES string of the molecule is C1[As]2S[As]3C[As]2S[As]13. The van der Waals surface area contributed by atoms with Crippen molar-refractivity contribution < 1.29 is 0 Å². The van der Waals surface area contributed by atoms with Crippen LogP contribution in [0.1, 0.15) is 0 Å². The zero-order chi connectivity index (χ0) is 5.14. The molecule has 4 fully saturated rings. The molecule has 0 aliphatic carbocycles. The van der Waals surface area contributed by atoms with Crippen LogP contribution in [0, 0.1) is 0 Å². The Bertz CT molecular complexity index is 100. The Morgan fingerprint density at radius 2 is 1.12 bits per heavy atom. The average Bonchev–Trinajstić information content (AvgIpc) is 2.21. The van der Waals surface area contributed by atoms with Gasteiger partial charge in [-0.3, -0.25) is 0 Å². The first kappa shape index (κ1) is 6.45. The van der Waals surface area contributed by atoms with Crippen LogP contribution in [0.4, 0.5) is 0 Å². The van der Waals surface area contributed by atoms with E-state index in [-0.39, 0.29) is 45.7 Å². The molecule has 8 heavy (non-hydrogen) atoms. The molecule has 4 aliphatic rings. The van der Waals surface area contributed by atoms with Gasteiger partial charge in [-0.1, -0.05) is 0 Å². The summed E-state index contributed by atoms with van der Waals surface area (Å²) in [5.74, 6) is 0. The summed E-state index contributed by atoms with van der Waals surface area (Å²) in [5, 5.41) is 0. The molecule has 4 unspecified atom stereocenters. The molecular formula is C2H4As4S2.